The molecule has 7 heteroatoms. The predicted molar refractivity (Wildman–Crippen MR) is 81.6 cm³/mol. The zero-order chi connectivity index (χ0) is 15.9. The second kappa shape index (κ2) is 5.53. The number of pyridine rings is 1. The van der Waals surface area contributed by atoms with Crippen molar-refractivity contribution < 1.29 is 17.9 Å². The monoisotopic (exact) mass is 324 g/mol. The molecule has 0 saturated carbocycles. The van der Waals surface area contributed by atoms with Gasteiger partial charge in [0.25, 0.3) is 5.91 Å². The molecular formula is C15H20N2O4S. The smallest absolute Gasteiger partial charge is 0.259 e. The van der Waals surface area contributed by atoms with Crippen LogP contribution in [0.4, 0.5) is 0 Å². The molecule has 0 spiro atoms. The maximum atomic E-state index is 12.9. The topological polar surface area (TPSA) is 76.6 Å². The van der Waals surface area contributed by atoms with Crippen molar-refractivity contribution in [1.82, 2.24) is 9.88 Å². The third kappa shape index (κ3) is 2.58. The average molecular weight is 324 g/mol. The van der Waals surface area contributed by atoms with Crippen LogP contribution >= 0.6 is 0 Å². The van der Waals surface area contributed by atoms with Gasteiger partial charge in [-0.3, -0.25) is 4.79 Å². The van der Waals surface area contributed by atoms with Gasteiger partial charge >= 0.3 is 0 Å². The highest BCUT2D eigenvalue weighted by Crippen LogP contribution is 2.39. The molecule has 22 heavy (non-hydrogen) atoms. The van der Waals surface area contributed by atoms with E-state index in [0.717, 1.165) is 12.8 Å². The molecule has 2 atom stereocenters. The standard InChI is InChI=1S/C15H20N2O4S/c1-21-14-13(4-3-7-16-14)15(18)17-10-5-6-11(17)9-12(8-10)22(2,19)20/h3-4,7,10-12H,5-6,8-9H2,1-2H3. The van der Waals surface area contributed by atoms with Crippen molar-refractivity contribution in [2.75, 3.05) is 13.4 Å². The number of fused-ring (bicyclic) bond motifs is 2. The number of aromatic nitrogens is 1. The van der Waals surface area contributed by atoms with Gasteiger partial charge in [0.05, 0.1) is 12.4 Å². The first-order valence-electron chi connectivity index (χ1n) is 7.42. The fraction of sp³-hybridized carbons (Fsp3) is 0.600. The third-order valence-electron chi connectivity index (χ3n) is 4.72. The largest absolute Gasteiger partial charge is 0.480 e. The van der Waals surface area contributed by atoms with Crippen LogP contribution in [0.25, 0.3) is 0 Å². The van der Waals surface area contributed by atoms with Gasteiger partial charge in [-0.15, -0.1) is 0 Å². The van der Waals surface area contributed by atoms with Crippen molar-refractivity contribution in [3.8, 4) is 5.88 Å². The minimum absolute atomic E-state index is 0.00381. The second-order valence-corrected chi connectivity index (χ2v) is 8.41. The first kappa shape index (κ1) is 15.3. The Labute approximate surface area is 130 Å². The van der Waals surface area contributed by atoms with E-state index in [2.05, 4.69) is 4.98 Å². The molecule has 1 amide bonds. The zero-order valence-electron chi connectivity index (χ0n) is 12.7. The Morgan fingerprint density at radius 1 is 1.32 bits per heavy atom. The Hall–Kier alpha value is -1.63. The SMILES string of the molecule is COc1ncccc1C(=O)N1C2CCC1CC(S(C)(=O)=O)C2. The van der Waals surface area contributed by atoms with Crippen molar-refractivity contribution in [3.05, 3.63) is 23.9 Å². The van der Waals surface area contributed by atoms with E-state index in [1.807, 2.05) is 4.90 Å². The van der Waals surface area contributed by atoms with Gasteiger partial charge in [-0.1, -0.05) is 0 Å². The molecule has 0 N–H and O–H groups in total. The lowest BCUT2D eigenvalue weighted by molar-refractivity contribution is 0.0594. The summed E-state index contributed by atoms with van der Waals surface area (Å²) in [6.45, 7) is 0. The van der Waals surface area contributed by atoms with E-state index < -0.39 is 9.84 Å². The molecule has 0 radical (unpaired) electrons. The van der Waals surface area contributed by atoms with Crippen LogP contribution in [0.3, 0.4) is 0 Å². The van der Waals surface area contributed by atoms with Gasteiger partial charge in [-0.05, 0) is 37.8 Å². The van der Waals surface area contributed by atoms with Crippen molar-refractivity contribution >= 4 is 15.7 Å². The Morgan fingerprint density at radius 2 is 1.95 bits per heavy atom. The normalized spacial score (nSPS) is 27.7. The molecule has 0 aliphatic carbocycles. The number of nitrogens with zero attached hydrogens (tertiary/aromatic N) is 2. The molecule has 2 saturated heterocycles. The van der Waals surface area contributed by atoms with Crippen molar-refractivity contribution in [1.29, 1.82) is 0 Å². The summed E-state index contributed by atoms with van der Waals surface area (Å²) in [5, 5.41) is -0.329. The number of ether oxygens (including phenoxy) is 1. The summed E-state index contributed by atoms with van der Waals surface area (Å²) in [5.41, 5.74) is 0.444. The summed E-state index contributed by atoms with van der Waals surface area (Å²) in [6.07, 6.45) is 5.67. The molecule has 3 rings (SSSR count). The van der Waals surface area contributed by atoms with E-state index in [1.54, 1.807) is 18.3 Å². The van der Waals surface area contributed by atoms with Crippen LogP contribution in [0.15, 0.2) is 18.3 Å². The van der Waals surface area contributed by atoms with Crippen LogP contribution in [0.1, 0.15) is 36.0 Å². The molecule has 3 heterocycles. The quantitative estimate of drug-likeness (QED) is 0.837. The molecule has 2 aliphatic rings. The molecule has 2 bridgehead atoms. The lowest BCUT2D eigenvalue weighted by atomic mass is 10.0. The van der Waals surface area contributed by atoms with Crippen molar-refractivity contribution in [2.45, 2.75) is 43.0 Å². The predicted octanol–water partition coefficient (Wildman–Crippen LogP) is 1.27. The van der Waals surface area contributed by atoms with Gasteiger partial charge in [0, 0.05) is 24.5 Å². The Balaban J connectivity index is 1.87. The van der Waals surface area contributed by atoms with Crippen molar-refractivity contribution in [2.24, 2.45) is 0 Å². The van der Waals surface area contributed by atoms with E-state index in [4.69, 9.17) is 4.74 Å². The van der Waals surface area contributed by atoms with Gasteiger partial charge in [-0.2, -0.15) is 0 Å². The molecular weight excluding hydrogens is 304 g/mol. The molecule has 1 aromatic rings. The molecule has 1 aromatic heterocycles. The highest BCUT2D eigenvalue weighted by molar-refractivity contribution is 7.91. The number of sulfone groups is 1. The van der Waals surface area contributed by atoms with Gasteiger partial charge in [0.2, 0.25) is 5.88 Å². The molecule has 120 valence electrons. The maximum absolute atomic E-state index is 12.9. The summed E-state index contributed by atoms with van der Waals surface area (Å²) in [6, 6.07) is 3.41. The zero-order valence-corrected chi connectivity index (χ0v) is 13.5. The number of amides is 1. The van der Waals surface area contributed by atoms with Gasteiger partial charge in [0.1, 0.15) is 15.4 Å². The number of hydrogen-bond donors (Lipinski definition) is 0. The van der Waals surface area contributed by atoms with Crippen LogP contribution in [0.5, 0.6) is 5.88 Å². The number of rotatable bonds is 3. The highest BCUT2D eigenvalue weighted by atomic mass is 32.2. The summed E-state index contributed by atoms with van der Waals surface area (Å²) in [7, 11) is -1.56. The fourth-order valence-electron chi connectivity index (χ4n) is 3.66. The highest BCUT2D eigenvalue weighted by Gasteiger charge is 2.46. The number of carbonyl (C=O) groups excluding carboxylic acids is 1. The summed E-state index contributed by atoms with van der Waals surface area (Å²) in [4.78, 5) is 18.8. The van der Waals surface area contributed by atoms with E-state index >= 15 is 0 Å². The minimum Gasteiger partial charge on any atom is -0.480 e. The first-order chi connectivity index (χ1) is 10.4. The van der Waals surface area contributed by atoms with Crippen molar-refractivity contribution in [3.63, 3.8) is 0 Å². The van der Waals surface area contributed by atoms with E-state index in [9.17, 15) is 13.2 Å². The molecule has 2 fully saturated rings. The minimum atomic E-state index is -3.05. The Morgan fingerprint density at radius 3 is 2.50 bits per heavy atom. The Bertz CT molecular complexity index is 675. The lowest BCUT2D eigenvalue weighted by Crippen LogP contribution is -2.49. The number of methoxy groups -OCH3 is 1. The Kier molecular flexibility index (Phi) is 3.84. The van der Waals surface area contributed by atoms with Gasteiger partial charge < -0.3 is 9.64 Å². The first-order valence-corrected chi connectivity index (χ1v) is 9.37. The van der Waals surface area contributed by atoms with E-state index in [0.29, 0.717) is 24.3 Å². The fourth-order valence-corrected chi connectivity index (χ4v) is 4.81. The summed E-state index contributed by atoms with van der Waals surface area (Å²) in [5.74, 6) is 0.210. The average Bonchev–Trinajstić information content (AvgIpc) is 2.75. The molecule has 2 aliphatic heterocycles. The van der Waals surface area contributed by atoms with Crippen LogP contribution in [0.2, 0.25) is 0 Å². The molecule has 0 aromatic carbocycles. The van der Waals surface area contributed by atoms with Gasteiger partial charge in [0.15, 0.2) is 0 Å². The maximum Gasteiger partial charge on any atom is 0.259 e. The second-order valence-electron chi connectivity index (χ2n) is 6.08. The van der Waals surface area contributed by atoms with E-state index in [-0.39, 0.29) is 23.2 Å². The van der Waals surface area contributed by atoms with Crippen LogP contribution < -0.4 is 4.74 Å². The molecule has 2 unspecified atom stereocenters. The number of hydrogen-bond acceptors (Lipinski definition) is 5. The molecule has 6 nitrogen and oxygen atoms in total. The summed E-state index contributed by atoms with van der Waals surface area (Å²) < 4.78 is 28.8. The number of carbonyl (C=O) groups is 1. The summed E-state index contributed by atoms with van der Waals surface area (Å²) >= 11 is 0. The number of piperidine rings is 1. The van der Waals surface area contributed by atoms with Crippen LogP contribution in [-0.4, -0.2) is 54.9 Å². The van der Waals surface area contributed by atoms with Gasteiger partial charge in [-0.25, -0.2) is 13.4 Å². The van der Waals surface area contributed by atoms with Crippen LogP contribution in [0, 0.1) is 0 Å². The van der Waals surface area contributed by atoms with E-state index in [1.165, 1.54) is 13.4 Å². The third-order valence-corrected chi connectivity index (χ3v) is 6.32. The lowest BCUT2D eigenvalue weighted by Gasteiger charge is -2.38. The van der Waals surface area contributed by atoms with Crippen LogP contribution in [-0.2, 0) is 9.84 Å².